The number of amides is 1. The molecule has 1 aromatic rings. The van der Waals surface area contributed by atoms with Gasteiger partial charge in [-0.1, -0.05) is 6.07 Å². The van der Waals surface area contributed by atoms with Crippen LogP contribution in [0.5, 0.6) is 0 Å². The summed E-state index contributed by atoms with van der Waals surface area (Å²) in [6.07, 6.45) is 5.61. The van der Waals surface area contributed by atoms with Crippen LogP contribution in [0.3, 0.4) is 0 Å². The monoisotopic (exact) mass is 424 g/mol. The van der Waals surface area contributed by atoms with Gasteiger partial charge in [-0.25, -0.2) is 12.7 Å². The van der Waals surface area contributed by atoms with Crippen LogP contribution in [0.15, 0.2) is 18.3 Å². The Bertz CT molecular complexity index is 810. The third-order valence-electron chi connectivity index (χ3n) is 5.98. The van der Waals surface area contributed by atoms with Crippen molar-refractivity contribution in [1.29, 1.82) is 0 Å². The molecule has 0 spiro atoms. The van der Waals surface area contributed by atoms with E-state index in [2.05, 4.69) is 9.88 Å². The maximum atomic E-state index is 12.8. The second kappa shape index (κ2) is 9.51. The second-order valence-corrected chi connectivity index (χ2v) is 10.0. The first kappa shape index (κ1) is 22.1. The Balaban J connectivity index is 1.67. The smallest absolute Gasteiger partial charge is 0.272 e. The predicted molar refractivity (Wildman–Crippen MR) is 111 cm³/mol. The zero-order valence-electron chi connectivity index (χ0n) is 17.6. The molecule has 2 fully saturated rings. The van der Waals surface area contributed by atoms with E-state index < -0.39 is 10.0 Å². The number of aryl methyl sites for hydroxylation is 1. The highest BCUT2D eigenvalue weighted by atomic mass is 32.2. The van der Waals surface area contributed by atoms with Gasteiger partial charge in [0.25, 0.3) is 5.91 Å². The van der Waals surface area contributed by atoms with Gasteiger partial charge in [0.2, 0.25) is 10.0 Å². The Morgan fingerprint density at radius 1 is 1.24 bits per heavy atom. The van der Waals surface area contributed by atoms with Gasteiger partial charge in [-0.3, -0.25) is 14.7 Å². The van der Waals surface area contributed by atoms with Crippen LogP contribution in [0, 0.1) is 6.92 Å². The minimum absolute atomic E-state index is 0.0841. The van der Waals surface area contributed by atoms with Crippen LogP contribution in [0.25, 0.3) is 0 Å². The summed E-state index contributed by atoms with van der Waals surface area (Å²) in [5, 5.41) is 0. The first-order valence-corrected chi connectivity index (χ1v) is 12.1. The summed E-state index contributed by atoms with van der Waals surface area (Å²) in [6.45, 7) is 5.71. The summed E-state index contributed by atoms with van der Waals surface area (Å²) in [4.78, 5) is 21.2. The van der Waals surface area contributed by atoms with Gasteiger partial charge in [0, 0.05) is 64.7 Å². The fraction of sp³-hybridized carbons (Fsp3) is 0.700. The number of aromatic nitrogens is 1. The molecular formula is C20H32N4O4S. The third kappa shape index (κ3) is 5.53. The second-order valence-electron chi connectivity index (χ2n) is 8.04. The van der Waals surface area contributed by atoms with Crippen molar-refractivity contribution in [1.82, 2.24) is 19.1 Å². The standard InChI is InChI=1S/C20H32N4O4S/c1-16-5-4-9-21-19(16)20(25)22(2)11-12-24(17-7-13-28-14-8-17)18-6-10-23(15-18)29(3,26)27/h4-5,9,17-18H,6-8,10-15H2,1-3H3. The number of sulfonamides is 1. The maximum Gasteiger partial charge on any atom is 0.272 e. The molecule has 1 aromatic heterocycles. The highest BCUT2D eigenvalue weighted by Crippen LogP contribution is 2.24. The largest absolute Gasteiger partial charge is 0.381 e. The number of rotatable bonds is 7. The van der Waals surface area contributed by atoms with Crippen LogP contribution in [0.1, 0.15) is 35.3 Å². The molecule has 3 rings (SSSR count). The number of carbonyl (C=O) groups is 1. The number of ether oxygens (including phenoxy) is 1. The molecule has 0 saturated carbocycles. The van der Waals surface area contributed by atoms with E-state index in [1.807, 2.05) is 19.1 Å². The average molecular weight is 425 g/mol. The van der Waals surface area contributed by atoms with E-state index in [-0.39, 0.29) is 11.9 Å². The number of pyridine rings is 1. The van der Waals surface area contributed by atoms with Gasteiger partial charge in [0.05, 0.1) is 6.26 Å². The van der Waals surface area contributed by atoms with E-state index in [4.69, 9.17) is 4.74 Å². The summed E-state index contributed by atoms with van der Waals surface area (Å²) in [5.74, 6) is -0.0841. The lowest BCUT2D eigenvalue weighted by Crippen LogP contribution is -2.50. The molecule has 0 aromatic carbocycles. The molecule has 1 unspecified atom stereocenters. The van der Waals surface area contributed by atoms with Gasteiger partial charge in [-0.05, 0) is 37.8 Å². The first-order valence-electron chi connectivity index (χ1n) is 10.2. The lowest BCUT2D eigenvalue weighted by molar-refractivity contribution is 0.0157. The Morgan fingerprint density at radius 2 is 1.97 bits per heavy atom. The Kier molecular flexibility index (Phi) is 7.26. The molecule has 2 saturated heterocycles. The number of hydrogen-bond donors (Lipinski definition) is 0. The molecule has 29 heavy (non-hydrogen) atoms. The quantitative estimate of drug-likeness (QED) is 0.649. The summed E-state index contributed by atoms with van der Waals surface area (Å²) in [6, 6.07) is 4.24. The number of nitrogens with zero attached hydrogens (tertiary/aromatic N) is 4. The molecule has 1 amide bonds. The predicted octanol–water partition coefficient (Wildman–Crippen LogP) is 0.977. The van der Waals surface area contributed by atoms with Gasteiger partial charge in [-0.2, -0.15) is 0 Å². The van der Waals surface area contributed by atoms with Gasteiger partial charge in [0.1, 0.15) is 5.69 Å². The van der Waals surface area contributed by atoms with E-state index >= 15 is 0 Å². The van der Waals surface area contributed by atoms with Crippen molar-refractivity contribution in [3.8, 4) is 0 Å². The molecule has 0 aliphatic carbocycles. The first-order chi connectivity index (χ1) is 13.8. The van der Waals surface area contributed by atoms with E-state index in [1.54, 1.807) is 22.4 Å². The molecule has 0 radical (unpaired) electrons. The Labute approximate surface area is 173 Å². The van der Waals surface area contributed by atoms with Crippen molar-refractivity contribution in [2.45, 2.75) is 38.3 Å². The Morgan fingerprint density at radius 3 is 2.59 bits per heavy atom. The molecule has 9 heteroatoms. The van der Waals surface area contributed by atoms with Crippen LogP contribution >= 0.6 is 0 Å². The van der Waals surface area contributed by atoms with E-state index in [0.717, 1.165) is 38.0 Å². The molecule has 0 bridgehead atoms. The lowest BCUT2D eigenvalue weighted by Gasteiger charge is -2.39. The van der Waals surface area contributed by atoms with Crippen molar-refractivity contribution < 1.29 is 17.9 Å². The molecule has 162 valence electrons. The molecule has 3 heterocycles. The van der Waals surface area contributed by atoms with Crippen molar-refractivity contribution in [3.63, 3.8) is 0 Å². The molecule has 1 atom stereocenters. The zero-order chi connectivity index (χ0) is 21.0. The van der Waals surface area contributed by atoms with E-state index in [1.165, 1.54) is 6.26 Å². The summed E-state index contributed by atoms with van der Waals surface area (Å²) >= 11 is 0. The summed E-state index contributed by atoms with van der Waals surface area (Å²) in [5.41, 5.74) is 1.35. The van der Waals surface area contributed by atoms with Crippen molar-refractivity contribution >= 4 is 15.9 Å². The number of likely N-dealkylation sites (N-methyl/N-ethyl adjacent to an activating group) is 1. The highest BCUT2D eigenvalue weighted by molar-refractivity contribution is 7.88. The minimum atomic E-state index is -3.18. The van der Waals surface area contributed by atoms with Gasteiger partial charge in [0.15, 0.2) is 0 Å². The third-order valence-corrected chi connectivity index (χ3v) is 7.25. The number of hydrogen-bond acceptors (Lipinski definition) is 6. The molecule has 2 aliphatic heterocycles. The van der Waals surface area contributed by atoms with Crippen LogP contribution in [0.2, 0.25) is 0 Å². The van der Waals surface area contributed by atoms with E-state index in [0.29, 0.717) is 37.9 Å². The van der Waals surface area contributed by atoms with Crippen molar-refractivity contribution in [3.05, 3.63) is 29.6 Å². The minimum Gasteiger partial charge on any atom is -0.381 e. The van der Waals surface area contributed by atoms with Crippen LogP contribution in [-0.2, 0) is 14.8 Å². The summed E-state index contributed by atoms with van der Waals surface area (Å²) in [7, 11) is -1.37. The topological polar surface area (TPSA) is 83.1 Å². The van der Waals surface area contributed by atoms with Crippen molar-refractivity contribution in [2.75, 3.05) is 52.7 Å². The van der Waals surface area contributed by atoms with Gasteiger partial charge in [-0.15, -0.1) is 0 Å². The highest BCUT2D eigenvalue weighted by Gasteiger charge is 2.36. The van der Waals surface area contributed by atoms with Gasteiger partial charge >= 0.3 is 0 Å². The fourth-order valence-electron chi connectivity index (χ4n) is 4.22. The molecule has 0 N–H and O–H groups in total. The fourth-order valence-corrected chi connectivity index (χ4v) is 5.10. The van der Waals surface area contributed by atoms with Crippen LogP contribution < -0.4 is 0 Å². The maximum absolute atomic E-state index is 12.8. The normalized spacial score (nSPS) is 21.6. The SMILES string of the molecule is Cc1cccnc1C(=O)N(C)CCN(C1CCOCC1)C1CCN(S(C)(=O)=O)C1. The van der Waals surface area contributed by atoms with E-state index in [9.17, 15) is 13.2 Å². The molecule has 8 nitrogen and oxygen atoms in total. The zero-order valence-corrected chi connectivity index (χ0v) is 18.4. The van der Waals surface area contributed by atoms with Crippen LogP contribution in [0.4, 0.5) is 0 Å². The average Bonchev–Trinajstić information content (AvgIpc) is 3.19. The Hall–Kier alpha value is -1.55. The summed E-state index contributed by atoms with van der Waals surface area (Å²) < 4.78 is 31.0. The molecule has 2 aliphatic rings. The van der Waals surface area contributed by atoms with Crippen LogP contribution in [-0.4, -0.2) is 98.2 Å². The lowest BCUT2D eigenvalue weighted by atomic mass is 10.0. The molecular weight excluding hydrogens is 392 g/mol. The van der Waals surface area contributed by atoms with Gasteiger partial charge < -0.3 is 9.64 Å². The van der Waals surface area contributed by atoms with Crippen molar-refractivity contribution in [2.24, 2.45) is 0 Å². The number of carbonyl (C=O) groups excluding carboxylic acids is 1.